The smallest absolute Gasteiger partial charge is 0.245 e. The molecule has 1 amide bonds. The maximum atomic E-state index is 14.0. The van der Waals surface area contributed by atoms with Crippen molar-refractivity contribution in [3.63, 3.8) is 0 Å². The van der Waals surface area contributed by atoms with Crippen LogP contribution in [0.5, 0.6) is 0 Å². The van der Waals surface area contributed by atoms with E-state index in [4.69, 9.17) is 0 Å². The highest BCUT2D eigenvalue weighted by Gasteiger charge is 2.58. The molecule has 3 aromatic heterocycles. The van der Waals surface area contributed by atoms with Crippen LogP contribution in [0.15, 0.2) is 47.3 Å². The van der Waals surface area contributed by atoms with E-state index < -0.39 is 12.3 Å². The van der Waals surface area contributed by atoms with Gasteiger partial charge in [-0.25, -0.2) is 15.0 Å². The topological polar surface area (TPSA) is 126 Å². The van der Waals surface area contributed by atoms with Gasteiger partial charge in [-0.1, -0.05) is 19.1 Å². The van der Waals surface area contributed by atoms with Crippen LogP contribution < -0.4 is 5.32 Å². The first-order valence-corrected chi connectivity index (χ1v) is 14.5. The highest BCUT2D eigenvalue weighted by atomic mass is 79.9. The molecule has 2 N–H and O–H groups in total. The van der Waals surface area contributed by atoms with Crippen LogP contribution in [0.4, 0.5) is 5.82 Å². The van der Waals surface area contributed by atoms with Crippen molar-refractivity contribution < 1.29 is 14.7 Å². The monoisotopic (exact) mass is 617 g/mol. The molecule has 1 saturated carbocycles. The van der Waals surface area contributed by atoms with Crippen LogP contribution in [-0.2, 0) is 11.3 Å². The minimum atomic E-state index is -0.997. The summed E-state index contributed by atoms with van der Waals surface area (Å²) in [6, 6.07) is 9.08. The molecular weight excluding hydrogens is 586 g/mol. The Hall–Kier alpha value is -3.70. The predicted octanol–water partition coefficient (Wildman–Crippen LogP) is 4.67. The molecule has 10 nitrogen and oxygen atoms in total. The molecule has 1 unspecified atom stereocenters. The van der Waals surface area contributed by atoms with Crippen molar-refractivity contribution in [2.75, 3.05) is 5.32 Å². The van der Waals surface area contributed by atoms with Crippen LogP contribution in [0.1, 0.15) is 55.0 Å². The van der Waals surface area contributed by atoms with Crippen LogP contribution in [0.25, 0.3) is 22.0 Å². The van der Waals surface area contributed by atoms with Gasteiger partial charge in [-0.05, 0) is 83.8 Å². The van der Waals surface area contributed by atoms with Crippen LogP contribution in [0.2, 0.25) is 0 Å². The summed E-state index contributed by atoms with van der Waals surface area (Å²) < 4.78 is 2.27. The number of hydrogen-bond donors (Lipinski definition) is 2. The van der Waals surface area contributed by atoms with Gasteiger partial charge in [-0.2, -0.15) is 5.10 Å². The van der Waals surface area contributed by atoms with Crippen molar-refractivity contribution in [2.24, 2.45) is 5.41 Å². The van der Waals surface area contributed by atoms with E-state index in [1.807, 2.05) is 49.1 Å². The number of carbonyl (C=O) groups excluding carboxylic acids is 2. The van der Waals surface area contributed by atoms with Gasteiger partial charge in [-0.15, -0.1) is 0 Å². The molecule has 4 aromatic rings. The zero-order valence-corrected chi connectivity index (χ0v) is 25.0. The fourth-order valence-electron chi connectivity index (χ4n) is 6.29. The third kappa shape index (κ3) is 4.91. The summed E-state index contributed by atoms with van der Waals surface area (Å²) in [6.45, 7) is 7.37. The molecule has 1 aliphatic heterocycles. The summed E-state index contributed by atoms with van der Waals surface area (Å²) in [6.07, 6.45) is 5.08. The number of rotatable bonds is 7. The lowest BCUT2D eigenvalue weighted by Gasteiger charge is -2.45. The SMILES string of the molecule is CC(=O)c1nn(CC(=O)N2[C@@H](C(O)Nc3nc(Br)ccc3C)C[C@@]3(C)CC[C@@H]23)c2ccc(-c3cnc(C)nc3)cc12. The number of halogens is 1. The van der Waals surface area contributed by atoms with E-state index in [0.717, 1.165) is 29.5 Å². The Balaban J connectivity index is 1.30. The number of nitrogens with one attached hydrogen (secondary N) is 1. The van der Waals surface area contributed by atoms with Gasteiger partial charge < -0.3 is 15.3 Å². The normalized spacial score (nSPS) is 22.3. The number of ketones is 1. The Labute approximate surface area is 246 Å². The number of pyridine rings is 1. The Morgan fingerprint density at radius 1 is 1.17 bits per heavy atom. The third-order valence-electron chi connectivity index (χ3n) is 8.65. The summed E-state index contributed by atoms with van der Waals surface area (Å²) in [7, 11) is 0. The quantitative estimate of drug-likeness (QED) is 0.174. The molecule has 1 aromatic carbocycles. The van der Waals surface area contributed by atoms with E-state index in [9.17, 15) is 14.7 Å². The second kappa shape index (κ2) is 10.3. The first-order valence-electron chi connectivity index (χ1n) is 13.7. The maximum absolute atomic E-state index is 14.0. The molecule has 0 spiro atoms. The fourth-order valence-corrected chi connectivity index (χ4v) is 6.60. The van der Waals surface area contributed by atoms with E-state index in [0.29, 0.717) is 39.3 Å². The van der Waals surface area contributed by atoms with Gasteiger partial charge in [0.05, 0.1) is 11.6 Å². The number of anilines is 1. The zero-order chi connectivity index (χ0) is 29.1. The van der Waals surface area contributed by atoms with Gasteiger partial charge in [0.1, 0.15) is 34.7 Å². The number of nitrogens with zero attached hydrogens (tertiary/aromatic N) is 6. The van der Waals surface area contributed by atoms with Crippen molar-refractivity contribution in [1.29, 1.82) is 0 Å². The molecule has 0 bridgehead atoms. The molecule has 1 saturated heterocycles. The second-order valence-corrected chi connectivity index (χ2v) is 12.3. The molecular formula is C30H32BrN7O3. The first kappa shape index (κ1) is 27.5. The maximum Gasteiger partial charge on any atom is 0.245 e. The molecule has 4 atom stereocenters. The minimum absolute atomic E-state index is 0.0373. The zero-order valence-electron chi connectivity index (χ0n) is 23.4. The summed E-state index contributed by atoms with van der Waals surface area (Å²) in [4.78, 5) is 41.4. The second-order valence-electron chi connectivity index (χ2n) is 11.5. The third-order valence-corrected chi connectivity index (χ3v) is 9.09. The number of hydrogen-bond acceptors (Lipinski definition) is 8. The van der Waals surface area contributed by atoms with Gasteiger partial charge in [0.25, 0.3) is 0 Å². The van der Waals surface area contributed by atoms with Crippen LogP contribution in [-0.4, -0.2) is 64.7 Å². The molecule has 1 aliphatic carbocycles. The number of amides is 1. The van der Waals surface area contributed by atoms with E-state index in [1.165, 1.54) is 6.92 Å². The summed E-state index contributed by atoms with van der Waals surface area (Å²) in [5, 5.41) is 19.7. The minimum Gasteiger partial charge on any atom is -0.372 e. The Bertz CT molecular complexity index is 1670. The van der Waals surface area contributed by atoms with Crippen LogP contribution >= 0.6 is 15.9 Å². The number of benzene rings is 1. The highest BCUT2D eigenvalue weighted by Crippen LogP contribution is 2.54. The number of Topliss-reactive ketones (excluding diaryl/α,β-unsaturated/α-hetero) is 1. The lowest BCUT2D eigenvalue weighted by atomic mass is 9.66. The number of carbonyl (C=O) groups is 2. The average molecular weight is 619 g/mol. The number of aliphatic hydroxyl groups is 1. The van der Waals surface area contributed by atoms with Crippen LogP contribution in [0, 0.1) is 19.3 Å². The van der Waals surface area contributed by atoms with Gasteiger partial charge in [-0.3, -0.25) is 14.3 Å². The van der Waals surface area contributed by atoms with Crippen molar-refractivity contribution in [1.82, 2.24) is 29.6 Å². The molecule has 4 heterocycles. The molecule has 41 heavy (non-hydrogen) atoms. The van der Waals surface area contributed by atoms with Crippen molar-refractivity contribution in [2.45, 2.75) is 71.8 Å². The van der Waals surface area contributed by atoms with Crippen LogP contribution in [0.3, 0.4) is 0 Å². The summed E-state index contributed by atoms with van der Waals surface area (Å²) in [5.74, 6) is 0.929. The molecule has 2 fully saturated rings. The molecule has 212 valence electrons. The standard InChI is InChI=1S/C30H32BrN7O3/c1-16-5-8-25(31)34-28(16)35-29(41)23-12-30(4)10-9-24(30)38(23)26(40)15-37-22-7-6-19(20-13-32-18(3)33-14-20)11-21(22)27(36-37)17(2)39/h5-8,11,13-14,23-24,29,41H,9-10,12,15H2,1-4H3,(H,34,35)/t23-,24-,29?,30-/m1/s1. The lowest BCUT2D eigenvalue weighted by molar-refractivity contribution is -0.139. The molecule has 6 rings (SSSR count). The van der Waals surface area contributed by atoms with Gasteiger partial charge in [0.2, 0.25) is 5.91 Å². The Kier molecular flexibility index (Phi) is 6.89. The van der Waals surface area contributed by atoms with Gasteiger partial charge in [0.15, 0.2) is 5.78 Å². The van der Waals surface area contributed by atoms with E-state index in [1.54, 1.807) is 17.1 Å². The Morgan fingerprint density at radius 2 is 1.93 bits per heavy atom. The molecule has 0 radical (unpaired) electrons. The van der Waals surface area contributed by atoms with Gasteiger partial charge in [0, 0.05) is 36.3 Å². The number of fused-ring (bicyclic) bond motifs is 2. The van der Waals surface area contributed by atoms with E-state index >= 15 is 0 Å². The first-order chi connectivity index (χ1) is 19.5. The number of aryl methyl sites for hydroxylation is 2. The Morgan fingerprint density at radius 3 is 2.61 bits per heavy atom. The van der Waals surface area contributed by atoms with Crippen molar-refractivity contribution in [3.8, 4) is 11.1 Å². The number of likely N-dealkylation sites (tertiary alicyclic amines) is 1. The summed E-state index contributed by atoms with van der Waals surface area (Å²) in [5.41, 5.74) is 3.54. The fraction of sp³-hybridized carbons (Fsp3) is 0.400. The lowest BCUT2D eigenvalue weighted by Crippen LogP contribution is -2.53. The largest absolute Gasteiger partial charge is 0.372 e. The van der Waals surface area contributed by atoms with E-state index in [-0.39, 0.29) is 29.7 Å². The average Bonchev–Trinajstić information content (AvgIpc) is 3.39. The summed E-state index contributed by atoms with van der Waals surface area (Å²) >= 11 is 3.39. The van der Waals surface area contributed by atoms with E-state index in [2.05, 4.69) is 48.2 Å². The predicted molar refractivity (Wildman–Crippen MR) is 158 cm³/mol. The molecule has 2 aliphatic rings. The van der Waals surface area contributed by atoms with Gasteiger partial charge >= 0.3 is 0 Å². The number of aromatic nitrogens is 5. The highest BCUT2D eigenvalue weighted by molar-refractivity contribution is 9.10. The molecule has 11 heteroatoms. The van der Waals surface area contributed by atoms with Crippen molar-refractivity contribution >= 4 is 44.3 Å². The number of aliphatic hydroxyl groups excluding tert-OH is 1. The van der Waals surface area contributed by atoms with Crippen molar-refractivity contribution in [3.05, 3.63) is 64.4 Å².